The number of benzene rings is 1. The summed E-state index contributed by atoms with van der Waals surface area (Å²) in [7, 11) is 3.13. The molecule has 5 heteroatoms. The number of ether oxygens (including phenoxy) is 2. The molecule has 2 rings (SSSR count). The maximum Gasteiger partial charge on any atom is 0.181 e. The minimum atomic E-state index is 0.170. The van der Waals surface area contributed by atoms with Crippen molar-refractivity contribution in [2.24, 2.45) is 0 Å². The summed E-state index contributed by atoms with van der Waals surface area (Å²) in [5.41, 5.74) is 2.07. The van der Waals surface area contributed by atoms with Gasteiger partial charge in [-0.2, -0.15) is 0 Å². The van der Waals surface area contributed by atoms with Gasteiger partial charge in [0.2, 0.25) is 0 Å². The zero-order valence-corrected chi connectivity index (χ0v) is 11.6. The zero-order chi connectivity index (χ0) is 12.6. The number of halogens is 2. The quantitative estimate of drug-likeness (QED) is 0.899. The van der Waals surface area contributed by atoms with Crippen molar-refractivity contribution in [1.29, 1.82) is 0 Å². The van der Waals surface area contributed by atoms with Crippen LogP contribution in [0.3, 0.4) is 0 Å². The highest BCUT2D eigenvalue weighted by Crippen LogP contribution is 2.48. The Bertz CT molecular complexity index is 449. The molecule has 1 aromatic carbocycles. The molecule has 17 heavy (non-hydrogen) atoms. The second-order valence-corrected chi connectivity index (χ2v) is 4.77. The Balaban J connectivity index is 2.73. The summed E-state index contributed by atoms with van der Waals surface area (Å²) >= 11 is 12.7. The minimum absolute atomic E-state index is 0.170. The van der Waals surface area contributed by atoms with Gasteiger partial charge in [-0.3, -0.25) is 0 Å². The van der Waals surface area contributed by atoms with Crippen molar-refractivity contribution in [3.8, 4) is 11.5 Å². The summed E-state index contributed by atoms with van der Waals surface area (Å²) in [6, 6.07) is 0.170. The molecule has 0 aromatic heterocycles. The van der Waals surface area contributed by atoms with E-state index in [1.165, 1.54) is 0 Å². The third kappa shape index (κ3) is 1.96. The maximum absolute atomic E-state index is 6.37. The van der Waals surface area contributed by atoms with Crippen LogP contribution in [0.4, 0.5) is 0 Å². The molecule has 0 saturated heterocycles. The fraction of sp³-hybridized carbons (Fsp3) is 0.500. The van der Waals surface area contributed by atoms with Crippen LogP contribution in [0, 0.1) is 0 Å². The van der Waals surface area contributed by atoms with Crippen LogP contribution in [0.25, 0.3) is 0 Å². The molecule has 1 unspecified atom stereocenters. The Kier molecular flexibility index (Phi) is 3.71. The van der Waals surface area contributed by atoms with Crippen molar-refractivity contribution in [1.82, 2.24) is 5.32 Å². The first-order valence-electron chi connectivity index (χ1n) is 5.46. The van der Waals surface area contributed by atoms with Crippen molar-refractivity contribution in [3.63, 3.8) is 0 Å². The molecule has 1 aliphatic heterocycles. The predicted octanol–water partition coefficient (Wildman–Crippen LogP) is 3.22. The monoisotopic (exact) mass is 275 g/mol. The van der Waals surface area contributed by atoms with Crippen LogP contribution in [0.1, 0.15) is 24.1 Å². The number of hydrogen-bond acceptors (Lipinski definition) is 3. The molecule has 1 atom stereocenters. The van der Waals surface area contributed by atoms with Crippen LogP contribution in [0.15, 0.2) is 0 Å². The largest absolute Gasteiger partial charge is 0.491 e. The summed E-state index contributed by atoms with van der Waals surface area (Å²) in [5, 5.41) is 4.55. The van der Waals surface area contributed by atoms with Gasteiger partial charge in [0.25, 0.3) is 0 Å². The van der Waals surface area contributed by atoms with E-state index in [0.717, 1.165) is 24.1 Å². The van der Waals surface area contributed by atoms with Crippen molar-refractivity contribution >= 4 is 23.2 Å². The van der Waals surface area contributed by atoms with E-state index in [0.29, 0.717) is 21.5 Å². The molecule has 1 N–H and O–H groups in total. The molecule has 0 saturated carbocycles. The van der Waals surface area contributed by atoms with Crippen molar-refractivity contribution in [2.75, 3.05) is 20.8 Å². The second kappa shape index (κ2) is 4.92. The van der Waals surface area contributed by atoms with Crippen molar-refractivity contribution in [3.05, 3.63) is 21.2 Å². The van der Waals surface area contributed by atoms with E-state index >= 15 is 0 Å². The molecule has 0 fully saturated rings. The topological polar surface area (TPSA) is 30.5 Å². The number of rotatable bonds is 2. The number of fused-ring (bicyclic) bond motifs is 1. The highest BCUT2D eigenvalue weighted by atomic mass is 35.5. The van der Waals surface area contributed by atoms with Gasteiger partial charge in [0, 0.05) is 6.04 Å². The molecule has 1 aliphatic rings. The maximum atomic E-state index is 6.37. The first-order chi connectivity index (χ1) is 8.11. The van der Waals surface area contributed by atoms with E-state index in [-0.39, 0.29) is 6.04 Å². The molecule has 3 nitrogen and oxygen atoms in total. The van der Waals surface area contributed by atoms with E-state index in [4.69, 9.17) is 32.7 Å². The van der Waals surface area contributed by atoms with Crippen molar-refractivity contribution < 1.29 is 9.47 Å². The van der Waals surface area contributed by atoms with E-state index in [2.05, 4.69) is 12.2 Å². The Morgan fingerprint density at radius 1 is 1.12 bits per heavy atom. The summed E-state index contributed by atoms with van der Waals surface area (Å²) in [4.78, 5) is 0. The summed E-state index contributed by atoms with van der Waals surface area (Å²) in [5.74, 6) is 1.03. The molecule has 0 spiro atoms. The number of nitrogens with one attached hydrogen (secondary N) is 1. The molecule has 1 heterocycles. The van der Waals surface area contributed by atoms with Gasteiger partial charge in [-0.15, -0.1) is 0 Å². The van der Waals surface area contributed by atoms with Crippen LogP contribution < -0.4 is 14.8 Å². The van der Waals surface area contributed by atoms with E-state index in [1.54, 1.807) is 14.2 Å². The number of hydrogen-bond donors (Lipinski definition) is 1. The van der Waals surface area contributed by atoms with Crippen LogP contribution in [-0.4, -0.2) is 20.8 Å². The van der Waals surface area contributed by atoms with Gasteiger partial charge < -0.3 is 14.8 Å². The molecule has 94 valence electrons. The smallest absolute Gasteiger partial charge is 0.181 e. The van der Waals surface area contributed by atoms with Gasteiger partial charge in [0.1, 0.15) is 0 Å². The molecule has 0 amide bonds. The molecular weight excluding hydrogens is 261 g/mol. The van der Waals surface area contributed by atoms with E-state index in [1.807, 2.05) is 0 Å². The lowest BCUT2D eigenvalue weighted by atomic mass is 9.94. The van der Waals surface area contributed by atoms with Gasteiger partial charge >= 0.3 is 0 Å². The van der Waals surface area contributed by atoms with Crippen LogP contribution in [-0.2, 0) is 6.42 Å². The fourth-order valence-electron chi connectivity index (χ4n) is 2.29. The highest BCUT2D eigenvalue weighted by molar-refractivity contribution is 6.37. The third-order valence-corrected chi connectivity index (χ3v) is 3.87. The Hall–Kier alpha value is -0.640. The van der Waals surface area contributed by atoms with Gasteiger partial charge in [-0.05, 0) is 31.0 Å². The fourth-order valence-corrected chi connectivity index (χ4v) is 3.09. The highest BCUT2D eigenvalue weighted by Gasteiger charge is 2.28. The average molecular weight is 276 g/mol. The van der Waals surface area contributed by atoms with Gasteiger partial charge in [0.05, 0.1) is 24.3 Å². The molecular formula is C12H15Cl2NO2. The van der Waals surface area contributed by atoms with Crippen LogP contribution in [0.2, 0.25) is 10.0 Å². The first kappa shape index (κ1) is 12.8. The van der Waals surface area contributed by atoms with Crippen molar-refractivity contribution in [2.45, 2.75) is 19.4 Å². The lowest BCUT2D eigenvalue weighted by molar-refractivity contribution is 0.353. The SMILES string of the molecule is COc1c(Cl)c2c(c(Cl)c1OC)C(C)NCC2. The summed E-state index contributed by atoms with van der Waals surface area (Å²) < 4.78 is 10.6. The Morgan fingerprint density at radius 2 is 1.71 bits per heavy atom. The van der Waals surface area contributed by atoms with Gasteiger partial charge in [-0.1, -0.05) is 23.2 Å². The zero-order valence-electron chi connectivity index (χ0n) is 10.1. The van der Waals surface area contributed by atoms with Crippen LogP contribution >= 0.6 is 23.2 Å². The minimum Gasteiger partial charge on any atom is -0.491 e. The second-order valence-electron chi connectivity index (χ2n) is 4.01. The first-order valence-corrected chi connectivity index (χ1v) is 6.22. The Labute approximate surface area is 111 Å². The number of methoxy groups -OCH3 is 2. The normalized spacial score (nSPS) is 18.8. The average Bonchev–Trinajstić information content (AvgIpc) is 2.33. The van der Waals surface area contributed by atoms with E-state index < -0.39 is 0 Å². The molecule has 0 radical (unpaired) electrons. The van der Waals surface area contributed by atoms with Gasteiger partial charge in [-0.25, -0.2) is 0 Å². The van der Waals surface area contributed by atoms with E-state index in [9.17, 15) is 0 Å². The van der Waals surface area contributed by atoms with Gasteiger partial charge in [0.15, 0.2) is 11.5 Å². The summed E-state index contributed by atoms with van der Waals surface area (Å²) in [6.45, 7) is 2.95. The summed E-state index contributed by atoms with van der Waals surface area (Å²) in [6.07, 6.45) is 0.846. The lowest BCUT2D eigenvalue weighted by Crippen LogP contribution is -2.28. The molecule has 1 aromatic rings. The predicted molar refractivity (Wildman–Crippen MR) is 69.7 cm³/mol. The van der Waals surface area contributed by atoms with Crippen LogP contribution in [0.5, 0.6) is 11.5 Å². The Morgan fingerprint density at radius 3 is 2.29 bits per heavy atom. The lowest BCUT2D eigenvalue weighted by Gasteiger charge is -2.28. The molecule has 0 bridgehead atoms. The standard InChI is InChI=1S/C12H15Cl2NO2/c1-6-8-7(4-5-15-6)9(13)11(16-2)12(17-3)10(8)14/h6,15H,4-5H2,1-3H3. The molecule has 0 aliphatic carbocycles. The third-order valence-electron chi connectivity index (χ3n) is 3.10.